The summed E-state index contributed by atoms with van der Waals surface area (Å²) in [5, 5.41) is 9.32. The quantitative estimate of drug-likeness (QED) is 0.677. The Morgan fingerprint density at radius 1 is 1.29 bits per heavy atom. The number of rotatable bonds is 7. The molecule has 0 aromatic heterocycles. The highest BCUT2D eigenvalue weighted by Gasteiger charge is 2.01. The number of unbranched alkanes of at least 4 members (excludes halogenated alkanes) is 3. The van der Waals surface area contributed by atoms with E-state index in [1.807, 2.05) is 6.07 Å². The van der Waals surface area contributed by atoms with Crippen LogP contribution in [-0.4, -0.2) is 6.61 Å². The molecule has 0 heterocycles. The molecule has 3 heteroatoms. The Bertz CT molecular complexity index is 384. The van der Waals surface area contributed by atoms with Gasteiger partial charge in [0.1, 0.15) is 0 Å². The van der Waals surface area contributed by atoms with Crippen LogP contribution in [0.1, 0.15) is 43.7 Å². The highest BCUT2D eigenvalue weighted by atomic mass is 35.5. The van der Waals surface area contributed by atoms with Gasteiger partial charge in [-0.05, 0) is 24.1 Å². The number of nitrogens with zero attached hydrogens (tertiary/aromatic N) is 1. The molecule has 0 aliphatic rings. The van der Waals surface area contributed by atoms with Crippen molar-refractivity contribution in [2.45, 2.75) is 39.2 Å². The molecule has 0 N–H and O–H groups in total. The fourth-order valence-corrected chi connectivity index (χ4v) is 1.78. The number of hydrogen-bond acceptors (Lipinski definition) is 2. The molecule has 2 nitrogen and oxygen atoms in total. The second-order valence-electron chi connectivity index (χ2n) is 4.03. The first-order valence-electron chi connectivity index (χ1n) is 6.04. The van der Waals surface area contributed by atoms with Crippen molar-refractivity contribution < 1.29 is 4.74 Å². The fourth-order valence-electron chi connectivity index (χ4n) is 1.55. The lowest BCUT2D eigenvalue weighted by Gasteiger charge is -2.06. The second kappa shape index (κ2) is 8.11. The summed E-state index contributed by atoms with van der Waals surface area (Å²) in [5.41, 5.74) is 1.53. The minimum absolute atomic E-state index is 0.524. The monoisotopic (exact) mass is 251 g/mol. The predicted octanol–water partition coefficient (Wildman–Crippen LogP) is 4.31. The Hall–Kier alpha value is -1.04. The van der Waals surface area contributed by atoms with E-state index in [0.29, 0.717) is 17.2 Å². The minimum atomic E-state index is 0.524. The Balaban J connectivity index is 2.30. The summed E-state index contributed by atoms with van der Waals surface area (Å²) in [5.74, 6) is 0. The van der Waals surface area contributed by atoms with Gasteiger partial charge in [-0.25, -0.2) is 0 Å². The summed E-state index contributed by atoms with van der Waals surface area (Å²) in [6, 6.07) is 7.36. The van der Waals surface area contributed by atoms with Crippen molar-refractivity contribution in [3.8, 4) is 6.07 Å². The van der Waals surface area contributed by atoms with Crippen LogP contribution in [0.3, 0.4) is 0 Å². The Labute approximate surface area is 108 Å². The maximum Gasteiger partial charge on any atom is 0.0992 e. The number of halogens is 1. The van der Waals surface area contributed by atoms with Crippen LogP contribution in [-0.2, 0) is 11.3 Å². The highest BCUT2D eigenvalue weighted by Crippen LogP contribution is 2.18. The van der Waals surface area contributed by atoms with Gasteiger partial charge in [0.15, 0.2) is 0 Å². The molecule has 0 saturated carbocycles. The molecular weight excluding hydrogens is 234 g/mol. The van der Waals surface area contributed by atoms with Crippen LogP contribution in [0, 0.1) is 11.3 Å². The smallest absolute Gasteiger partial charge is 0.0992 e. The van der Waals surface area contributed by atoms with Crippen molar-refractivity contribution in [2.75, 3.05) is 6.61 Å². The van der Waals surface area contributed by atoms with E-state index in [9.17, 15) is 0 Å². The van der Waals surface area contributed by atoms with Crippen molar-refractivity contribution in [3.63, 3.8) is 0 Å². The van der Waals surface area contributed by atoms with Crippen molar-refractivity contribution in [1.82, 2.24) is 0 Å². The molecule has 1 aromatic carbocycles. The molecule has 1 rings (SSSR count). The van der Waals surface area contributed by atoms with E-state index in [1.54, 1.807) is 12.1 Å². The van der Waals surface area contributed by atoms with Gasteiger partial charge in [-0.3, -0.25) is 0 Å². The Morgan fingerprint density at radius 3 is 2.76 bits per heavy atom. The van der Waals surface area contributed by atoms with Crippen LogP contribution in [0.25, 0.3) is 0 Å². The van der Waals surface area contributed by atoms with Crippen LogP contribution >= 0.6 is 11.6 Å². The zero-order valence-corrected chi connectivity index (χ0v) is 11.0. The van der Waals surface area contributed by atoms with Gasteiger partial charge in [0.2, 0.25) is 0 Å². The van der Waals surface area contributed by atoms with Crippen molar-refractivity contribution >= 4 is 11.6 Å². The summed E-state index contributed by atoms with van der Waals surface area (Å²) in [7, 11) is 0. The summed E-state index contributed by atoms with van der Waals surface area (Å²) >= 11 is 6.04. The van der Waals surface area contributed by atoms with E-state index in [0.717, 1.165) is 18.6 Å². The van der Waals surface area contributed by atoms with Crippen LogP contribution < -0.4 is 0 Å². The zero-order valence-electron chi connectivity index (χ0n) is 10.2. The third-order valence-corrected chi connectivity index (χ3v) is 2.93. The molecule has 92 valence electrons. The molecule has 0 fully saturated rings. The second-order valence-corrected chi connectivity index (χ2v) is 4.44. The summed E-state index contributed by atoms with van der Waals surface area (Å²) in [6.45, 7) is 3.49. The SMILES string of the molecule is CCCCCCOCc1ccc(C#N)cc1Cl. The van der Waals surface area contributed by atoms with E-state index < -0.39 is 0 Å². The largest absolute Gasteiger partial charge is 0.377 e. The lowest BCUT2D eigenvalue weighted by atomic mass is 10.1. The topological polar surface area (TPSA) is 33.0 Å². The van der Waals surface area contributed by atoms with Gasteiger partial charge in [0.05, 0.1) is 18.2 Å². The van der Waals surface area contributed by atoms with Gasteiger partial charge >= 0.3 is 0 Å². The number of ether oxygens (including phenoxy) is 1. The van der Waals surface area contributed by atoms with Gasteiger partial charge in [-0.15, -0.1) is 0 Å². The molecule has 1 aromatic rings. The van der Waals surface area contributed by atoms with E-state index in [4.69, 9.17) is 21.6 Å². The summed E-state index contributed by atoms with van der Waals surface area (Å²) in [6.07, 6.45) is 4.82. The van der Waals surface area contributed by atoms with Crippen molar-refractivity contribution in [3.05, 3.63) is 34.3 Å². The van der Waals surface area contributed by atoms with Crippen LogP contribution in [0.4, 0.5) is 0 Å². The number of nitriles is 1. The van der Waals surface area contributed by atoms with Crippen LogP contribution in [0.15, 0.2) is 18.2 Å². The lowest BCUT2D eigenvalue weighted by molar-refractivity contribution is 0.117. The summed E-state index contributed by atoms with van der Waals surface area (Å²) in [4.78, 5) is 0. The van der Waals surface area contributed by atoms with Gasteiger partial charge in [-0.1, -0.05) is 43.9 Å². The fraction of sp³-hybridized carbons (Fsp3) is 0.500. The van der Waals surface area contributed by atoms with E-state index in [-0.39, 0.29) is 0 Å². The minimum Gasteiger partial charge on any atom is -0.377 e. The van der Waals surface area contributed by atoms with Gasteiger partial charge in [0, 0.05) is 11.6 Å². The van der Waals surface area contributed by atoms with Crippen LogP contribution in [0.5, 0.6) is 0 Å². The van der Waals surface area contributed by atoms with Gasteiger partial charge in [0.25, 0.3) is 0 Å². The molecule has 0 spiro atoms. The maximum absolute atomic E-state index is 8.71. The van der Waals surface area contributed by atoms with Crippen LogP contribution in [0.2, 0.25) is 5.02 Å². The molecular formula is C14H18ClNO. The average Bonchev–Trinajstić information content (AvgIpc) is 2.35. The van der Waals surface area contributed by atoms with E-state index >= 15 is 0 Å². The number of hydrogen-bond donors (Lipinski definition) is 0. The molecule has 0 atom stereocenters. The standard InChI is InChI=1S/C14H18ClNO/c1-2-3-4-5-8-17-11-13-7-6-12(10-16)9-14(13)15/h6-7,9H,2-5,8,11H2,1H3. The third kappa shape index (κ3) is 5.21. The first-order chi connectivity index (χ1) is 8.27. The van der Waals surface area contributed by atoms with Gasteiger partial charge < -0.3 is 4.74 Å². The molecule has 0 aliphatic heterocycles. The maximum atomic E-state index is 8.71. The zero-order chi connectivity index (χ0) is 12.5. The van der Waals surface area contributed by atoms with Crippen molar-refractivity contribution in [2.24, 2.45) is 0 Å². The molecule has 0 amide bonds. The first kappa shape index (κ1) is 14.0. The van der Waals surface area contributed by atoms with E-state index in [1.165, 1.54) is 19.3 Å². The van der Waals surface area contributed by atoms with Crippen molar-refractivity contribution in [1.29, 1.82) is 5.26 Å². The lowest BCUT2D eigenvalue weighted by Crippen LogP contribution is -1.96. The third-order valence-electron chi connectivity index (χ3n) is 2.58. The molecule has 17 heavy (non-hydrogen) atoms. The average molecular weight is 252 g/mol. The Morgan fingerprint density at radius 2 is 2.12 bits per heavy atom. The predicted molar refractivity (Wildman–Crippen MR) is 70.0 cm³/mol. The molecule has 0 radical (unpaired) electrons. The first-order valence-corrected chi connectivity index (χ1v) is 6.42. The molecule has 0 bridgehead atoms. The number of benzene rings is 1. The molecule has 0 unspecified atom stereocenters. The molecule has 0 saturated heterocycles. The normalized spacial score (nSPS) is 10.2. The Kier molecular flexibility index (Phi) is 6.69. The van der Waals surface area contributed by atoms with Gasteiger partial charge in [-0.2, -0.15) is 5.26 Å². The van der Waals surface area contributed by atoms with E-state index in [2.05, 4.69) is 13.0 Å². The summed E-state index contributed by atoms with van der Waals surface area (Å²) < 4.78 is 5.55. The molecule has 0 aliphatic carbocycles. The highest BCUT2D eigenvalue weighted by molar-refractivity contribution is 6.31.